The van der Waals surface area contributed by atoms with Crippen LogP contribution in [0.3, 0.4) is 0 Å². The van der Waals surface area contributed by atoms with Crippen molar-refractivity contribution >= 4 is 17.6 Å². The quantitative estimate of drug-likeness (QED) is 0.773. The second-order valence-corrected chi connectivity index (χ2v) is 8.02. The smallest absolute Gasteiger partial charge is 0.278 e. The minimum atomic E-state index is -0.189. The van der Waals surface area contributed by atoms with Crippen LogP contribution in [0.15, 0.2) is 42.6 Å². The molecule has 4 rings (SSSR count). The van der Waals surface area contributed by atoms with E-state index in [1.807, 2.05) is 23.1 Å². The number of amides is 2. The van der Waals surface area contributed by atoms with Gasteiger partial charge in [-0.1, -0.05) is 31.4 Å². The molecule has 29 heavy (non-hydrogen) atoms. The Hall–Kier alpha value is -2.76. The van der Waals surface area contributed by atoms with Gasteiger partial charge < -0.3 is 4.90 Å². The third kappa shape index (κ3) is 4.63. The number of nitrogens with zero attached hydrogens (tertiary/aromatic N) is 4. The van der Waals surface area contributed by atoms with Crippen LogP contribution >= 0.6 is 0 Å². The number of carbonyl (C=O) groups is 2. The van der Waals surface area contributed by atoms with E-state index in [0.717, 1.165) is 38.8 Å². The van der Waals surface area contributed by atoms with E-state index in [2.05, 4.69) is 9.97 Å². The maximum atomic E-state index is 13.4. The molecule has 2 aliphatic rings. The Balaban J connectivity index is 1.58. The fourth-order valence-electron chi connectivity index (χ4n) is 4.32. The van der Waals surface area contributed by atoms with Gasteiger partial charge in [0.1, 0.15) is 17.2 Å². The zero-order valence-electron chi connectivity index (χ0n) is 16.8. The molecule has 2 aromatic heterocycles. The fraction of sp³-hybridized carbons (Fsp3) is 0.478. The topological polar surface area (TPSA) is 66.4 Å². The number of likely N-dealkylation sites (tertiary alicyclic amines) is 1. The minimum absolute atomic E-state index is 0.0891. The Morgan fingerprint density at radius 2 is 1.69 bits per heavy atom. The highest BCUT2D eigenvalue weighted by atomic mass is 16.2. The molecule has 0 atom stereocenters. The highest BCUT2D eigenvalue weighted by Gasteiger charge is 2.26. The first-order valence-corrected chi connectivity index (χ1v) is 10.7. The van der Waals surface area contributed by atoms with Crippen molar-refractivity contribution in [2.24, 2.45) is 5.92 Å². The van der Waals surface area contributed by atoms with Crippen molar-refractivity contribution in [3.63, 3.8) is 0 Å². The van der Waals surface area contributed by atoms with Crippen LogP contribution in [0.4, 0.5) is 5.82 Å². The van der Waals surface area contributed by atoms with Gasteiger partial charge in [-0.25, -0.2) is 9.97 Å². The van der Waals surface area contributed by atoms with Crippen molar-refractivity contribution in [3.05, 3.63) is 54.0 Å². The molecule has 2 aromatic rings. The molecular weight excluding hydrogens is 364 g/mol. The summed E-state index contributed by atoms with van der Waals surface area (Å²) in [5, 5.41) is 0. The standard InChI is InChI=1S/C23H28N4O2/c28-22(26-15-6-7-16-26)19-11-8-12-20(25-19)23(29)27(21-13-4-5-14-24-21)17-18-9-2-1-3-10-18/h4-5,8,11-14,18H,1-3,6-7,9-10,15-17H2. The molecule has 2 amide bonds. The lowest BCUT2D eigenvalue weighted by molar-refractivity contribution is 0.0787. The van der Waals surface area contributed by atoms with E-state index in [0.29, 0.717) is 29.7 Å². The summed E-state index contributed by atoms with van der Waals surface area (Å²) < 4.78 is 0. The molecule has 0 radical (unpaired) electrons. The van der Waals surface area contributed by atoms with Gasteiger partial charge in [0.15, 0.2) is 0 Å². The molecule has 0 N–H and O–H groups in total. The van der Waals surface area contributed by atoms with E-state index in [-0.39, 0.29) is 11.8 Å². The SMILES string of the molecule is O=C(c1cccc(C(=O)N(CC2CCCCC2)c2ccccn2)n1)N1CCCC1. The van der Waals surface area contributed by atoms with E-state index in [9.17, 15) is 9.59 Å². The summed E-state index contributed by atoms with van der Waals surface area (Å²) >= 11 is 0. The van der Waals surface area contributed by atoms with Crippen LogP contribution in [0.1, 0.15) is 65.9 Å². The van der Waals surface area contributed by atoms with Crippen LogP contribution in [-0.4, -0.2) is 46.3 Å². The van der Waals surface area contributed by atoms with Gasteiger partial charge in [0.2, 0.25) is 0 Å². The van der Waals surface area contributed by atoms with Crippen LogP contribution in [0.5, 0.6) is 0 Å². The molecule has 1 saturated carbocycles. The van der Waals surface area contributed by atoms with Gasteiger partial charge in [-0.3, -0.25) is 14.5 Å². The van der Waals surface area contributed by atoms with Gasteiger partial charge in [0.25, 0.3) is 11.8 Å². The Morgan fingerprint density at radius 1 is 0.931 bits per heavy atom. The van der Waals surface area contributed by atoms with Crippen molar-refractivity contribution in [1.82, 2.24) is 14.9 Å². The number of hydrogen-bond donors (Lipinski definition) is 0. The monoisotopic (exact) mass is 392 g/mol. The van der Waals surface area contributed by atoms with Crippen LogP contribution in [0.2, 0.25) is 0 Å². The molecule has 1 aliphatic heterocycles. The molecular formula is C23H28N4O2. The number of anilines is 1. The summed E-state index contributed by atoms with van der Waals surface area (Å²) in [6.45, 7) is 2.17. The largest absolute Gasteiger partial charge is 0.337 e. The molecule has 0 aromatic carbocycles. The summed E-state index contributed by atoms with van der Waals surface area (Å²) in [5.74, 6) is 0.837. The van der Waals surface area contributed by atoms with Crippen molar-refractivity contribution < 1.29 is 9.59 Å². The Kier molecular flexibility index (Phi) is 6.17. The Bertz CT molecular complexity index is 843. The Morgan fingerprint density at radius 3 is 2.41 bits per heavy atom. The second kappa shape index (κ2) is 9.16. The molecule has 0 bridgehead atoms. The number of hydrogen-bond acceptors (Lipinski definition) is 4. The Labute approximate surface area is 172 Å². The third-order valence-corrected chi connectivity index (χ3v) is 5.92. The average Bonchev–Trinajstić information content (AvgIpc) is 3.33. The molecule has 152 valence electrons. The predicted molar refractivity (Wildman–Crippen MR) is 112 cm³/mol. The van der Waals surface area contributed by atoms with Gasteiger partial charge in [-0.15, -0.1) is 0 Å². The van der Waals surface area contributed by atoms with Gasteiger partial charge in [-0.05, 0) is 55.9 Å². The first kappa shape index (κ1) is 19.6. The highest BCUT2D eigenvalue weighted by Crippen LogP contribution is 2.26. The number of rotatable bonds is 5. The average molecular weight is 393 g/mol. The van der Waals surface area contributed by atoms with Crippen LogP contribution in [0, 0.1) is 5.92 Å². The molecule has 2 fully saturated rings. The van der Waals surface area contributed by atoms with Gasteiger partial charge in [-0.2, -0.15) is 0 Å². The summed E-state index contributed by atoms with van der Waals surface area (Å²) in [6, 6.07) is 10.7. The van der Waals surface area contributed by atoms with E-state index in [1.54, 1.807) is 29.3 Å². The van der Waals surface area contributed by atoms with E-state index < -0.39 is 0 Å². The van der Waals surface area contributed by atoms with Gasteiger partial charge >= 0.3 is 0 Å². The predicted octanol–water partition coefficient (Wildman–Crippen LogP) is 3.94. The summed E-state index contributed by atoms with van der Waals surface area (Å²) in [7, 11) is 0. The van der Waals surface area contributed by atoms with E-state index in [1.165, 1.54) is 19.3 Å². The van der Waals surface area contributed by atoms with Crippen molar-refractivity contribution in [2.45, 2.75) is 44.9 Å². The molecule has 0 unspecified atom stereocenters. The van der Waals surface area contributed by atoms with E-state index in [4.69, 9.17) is 0 Å². The van der Waals surface area contributed by atoms with Crippen molar-refractivity contribution in [3.8, 4) is 0 Å². The summed E-state index contributed by atoms with van der Waals surface area (Å²) in [4.78, 5) is 38.5. The fourth-order valence-corrected chi connectivity index (χ4v) is 4.32. The zero-order valence-corrected chi connectivity index (χ0v) is 16.8. The molecule has 1 aliphatic carbocycles. The first-order chi connectivity index (χ1) is 14.2. The number of pyridine rings is 2. The molecule has 6 nitrogen and oxygen atoms in total. The highest BCUT2D eigenvalue weighted by molar-refractivity contribution is 6.05. The molecule has 6 heteroatoms. The number of aromatic nitrogens is 2. The third-order valence-electron chi connectivity index (χ3n) is 5.92. The van der Waals surface area contributed by atoms with Crippen molar-refractivity contribution in [2.75, 3.05) is 24.5 Å². The van der Waals surface area contributed by atoms with Gasteiger partial charge in [0, 0.05) is 25.8 Å². The summed E-state index contributed by atoms with van der Waals surface area (Å²) in [5.41, 5.74) is 0.646. The lowest BCUT2D eigenvalue weighted by Crippen LogP contribution is -2.37. The van der Waals surface area contributed by atoms with Crippen LogP contribution in [-0.2, 0) is 0 Å². The lowest BCUT2D eigenvalue weighted by Gasteiger charge is -2.29. The molecule has 1 saturated heterocycles. The normalized spacial score (nSPS) is 17.3. The second-order valence-electron chi connectivity index (χ2n) is 8.02. The maximum absolute atomic E-state index is 13.4. The zero-order chi connectivity index (χ0) is 20.1. The lowest BCUT2D eigenvalue weighted by atomic mass is 9.89. The van der Waals surface area contributed by atoms with Crippen LogP contribution in [0.25, 0.3) is 0 Å². The van der Waals surface area contributed by atoms with E-state index >= 15 is 0 Å². The minimum Gasteiger partial charge on any atom is -0.337 e. The summed E-state index contributed by atoms with van der Waals surface area (Å²) in [6.07, 6.45) is 9.74. The van der Waals surface area contributed by atoms with Crippen molar-refractivity contribution in [1.29, 1.82) is 0 Å². The first-order valence-electron chi connectivity index (χ1n) is 10.7. The number of carbonyl (C=O) groups excluding carboxylic acids is 2. The van der Waals surface area contributed by atoms with Crippen LogP contribution < -0.4 is 4.90 Å². The molecule has 0 spiro atoms. The maximum Gasteiger partial charge on any atom is 0.278 e. The van der Waals surface area contributed by atoms with Gasteiger partial charge in [0.05, 0.1) is 0 Å². The molecule has 3 heterocycles.